The van der Waals surface area contributed by atoms with E-state index in [1.807, 2.05) is 18.2 Å². The Morgan fingerprint density at radius 2 is 2.15 bits per heavy atom. The van der Waals surface area contributed by atoms with Crippen molar-refractivity contribution in [3.63, 3.8) is 0 Å². The zero-order valence-electron chi connectivity index (χ0n) is 12.2. The van der Waals surface area contributed by atoms with Crippen LogP contribution in [-0.4, -0.2) is 29.8 Å². The topological polar surface area (TPSA) is 60.2 Å². The number of aromatic nitrogens is 2. The lowest BCUT2D eigenvalue weighted by molar-refractivity contribution is 0.386. The molecule has 5 heteroatoms. The monoisotopic (exact) mass is 275 g/mol. The van der Waals surface area contributed by atoms with Gasteiger partial charge in [-0.25, -0.2) is 0 Å². The molecule has 2 aromatic rings. The largest absolute Gasteiger partial charge is 0.496 e. The number of hydrogen-bond donors (Lipinski definition) is 1. The predicted octanol–water partition coefficient (Wildman–Crippen LogP) is 2.15. The highest BCUT2D eigenvalue weighted by Gasteiger charge is 2.08. The summed E-state index contributed by atoms with van der Waals surface area (Å²) in [5, 5.41) is 7.34. The maximum Gasteiger partial charge on any atom is 0.223 e. The van der Waals surface area contributed by atoms with E-state index >= 15 is 0 Å². The lowest BCUT2D eigenvalue weighted by Crippen LogP contribution is -2.30. The molecule has 0 bridgehead atoms. The van der Waals surface area contributed by atoms with Gasteiger partial charge in [-0.2, -0.15) is 4.98 Å². The third-order valence-corrected chi connectivity index (χ3v) is 3.13. The van der Waals surface area contributed by atoms with Crippen LogP contribution in [0, 0.1) is 6.92 Å². The van der Waals surface area contributed by atoms with Crippen LogP contribution in [0.1, 0.15) is 24.2 Å². The number of hydrogen-bond acceptors (Lipinski definition) is 5. The highest BCUT2D eigenvalue weighted by atomic mass is 16.5. The molecule has 0 radical (unpaired) electrons. The first-order valence-electron chi connectivity index (χ1n) is 6.83. The zero-order valence-corrected chi connectivity index (χ0v) is 12.2. The maximum atomic E-state index is 5.36. The Hall–Kier alpha value is -1.88. The molecule has 0 saturated carbocycles. The van der Waals surface area contributed by atoms with Crippen molar-refractivity contribution in [3.8, 4) is 5.75 Å². The second kappa shape index (κ2) is 7.05. The van der Waals surface area contributed by atoms with E-state index < -0.39 is 0 Å². The highest BCUT2D eigenvalue weighted by molar-refractivity contribution is 5.33. The van der Waals surface area contributed by atoms with Crippen LogP contribution in [0.4, 0.5) is 0 Å². The summed E-state index contributed by atoms with van der Waals surface area (Å²) in [6.07, 6.45) is 1.70. The standard InChI is InChI=1S/C15H21N3O2/c1-11(10-13-6-4-5-7-14(13)19-3)16-9-8-15-17-12(2)20-18-15/h4-7,11,16H,8-10H2,1-3H3. The van der Waals surface area contributed by atoms with Crippen LogP contribution in [0.5, 0.6) is 5.75 Å². The number of aryl methyl sites for hydroxylation is 1. The number of methoxy groups -OCH3 is 1. The Balaban J connectivity index is 1.79. The molecular formula is C15H21N3O2. The summed E-state index contributed by atoms with van der Waals surface area (Å²) in [5.74, 6) is 2.30. The first kappa shape index (κ1) is 14.5. The number of nitrogens with one attached hydrogen (secondary N) is 1. The van der Waals surface area contributed by atoms with Crippen molar-refractivity contribution < 1.29 is 9.26 Å². The highest BCUT2D eigenvalue weighted by Crippen LogP contribution is 2.18. The van der Waals surface area contributed by atoms with Gasteiger partial charge in [0.1, 0.15) is 5.75 Å². The Morgan fingerprint density at radius 3 is 2.85 bits per heavy atom. The van der Waals surface area contributed by atoms with Gasteiger partial charge in [0.05, 0.1) is 7.11 Å². The van der Waals surface area contributed by atoms with Crippen LogP contribution in [-0.2, 0) is 12.8 Å². The second-order valence-corrected chi connectivity index (χ2v) is 4.85. The van der Waals surface area contributed by atoms with Crippen LogP contribution in [0.2, 0.25) is 0 Å². The average Bonchev–Trinajstić information content (AvgIpc) is 2.85. The third kappa shape index (κ3) is 4.06. The SMILES string of the molecule is COc1ccccc1CC(C)NCCc1noc(C)n1. The molecule has 1 heterocycles. The minimum atomic E-state index is 0.360. The molecule has 2 rings (SSSR count). The summed E-state index contributed by atoms with van der Waals surface area (Å²) in [7, 11) is 1.70. The van der Waals surface area contributed by atoms with E-state index in [1.54, 1.807) is 14.0 Å². The van der Waals surface area contributed by atoms with E-state index in [9.17, 15) is 0 Å². The molecule has 1 aromatic carbocycles. The minimum Gasteiger partial charge on any atom is -0.496 e. The summed E-state index contributed by atoms with van der Waals surface area (Å²) in [6.45, 7) is 4.79. The fraction of sp³-hybridized carbons (Fsp3) is 0.467. The van der Waals surface area contributed by atoms with Gasteiger partial charge in [0.2, 0.25) is 5.89 Å². The summed E-state index contributed by atoms with van der Waals surface area (Å²) < 4.78 is 10.3. The van der Waals surface area contributed by atoms with Crippen LogP contribution in [0.25, 0.3) is 0 Å². The molecule has 0 fully saturated rings. The molecule has 0 aliphatic rings. The van der Waals surface area contributed by atoms with Crippen molar-refractivity contribution in [2.45, 2.75) is 32.7 Å². The van der Waals surface area contributed by atoms with Gasteiger partial charge >= 0.3 is 0 Å². The normalized spacial score (nSPS) is 12.3. The van der Waals surface area contributed by atoms with Gasteiger partial charge in [-0.15, -0.1) is 0 Å². The third-order valence-electron chi connectivity index (χ3n) is 3.13. The molecule has 0 saturated heterocycles. The summed E-state index contributed by atoms with van der Waals surface area (Å²) >= 11 is 0. The fourth-order valence-corrected chi connectivity index (χ4v) is 2.15. The van der Waals surface area contributed by atoms with E-state index in [0.717, 1.165) is 31.0 Å². The molecule has 1 N–H and O–H groups in total. The molecular weight excluding hydrogens is 254 g/mol. The van der Waals surface area contributed by atoms with E-state index in [2.05, 4.69) is 28.4 Å². The Morgan fingerprint density at radius 1 is 1.35 bits per heavy atom. The van der Waals surface area contributed by atoms with Crippen molar-refractivity contribution in [1.29, 1.82) is 0 Å². The Bertz CT molecular complexity index is 539. The minimum absolute atomic E-state index is 0.360. The molecule has 1 aromatic heterocycles. The van der Waals surface area contributed by atoms with E-state index in [1.165, 1.54) is 5.56 Å². The number of ether oxygens (including phenoxy) is 1. The van der Waals surface area contributed by atoms with Crippen molar-refractivity contribution in [1.82, 2.24) is 15.5 Å². The first-order chi connectivity index (χ1) is 9.69. The van der Waals surface area contributed by atoms with E-state index in [-0.39, 0.29) is 0 Å². The van der Waals surface area contributed by atoms with Gasteiger partial charge in [0.15, 0.2) is 5.82 Å². The number of nitrogens with zero attached hydrogens (tertiary/aromatic N) is 2. The smallest absolute Gasteiger partial charge is 0.223 e. The summed E-state index contributed by atoms with van der Waals surface area (Å²) in [5.41, 5.74) is 1.21. The van der Waals surface area contributed by atoms with Gasteiger partial charge in [-0.05, 0) is 25.0 Å². The first-order valence-corrected chi connectivity index (χ1v) is 6.83. The van der Waals surface area contributed by atoms with Gasteiger partial charge in [0, 0.05) is 25.9 Å². The molecule has 0 spiro atoms. The van der Waals surface area contributed by atoms with Gasteiger partial charge in [-0.3, -0.25) is 0 Å². The molecule has 1 unspecified atom stereocenters. The van der Waals surface area contributed by atoms with Crippen molar-refractivity contribution >= 4 is 0 Å². The van der Waals surface area contributed by atoms with Crippen LogP contribution in [0.15, 0.2) is 28.8 Å². The molecule has 5 nitrogen and oxygen atoms in total. The fourth-order valence-electron chi connectivity index (χ4n) is 2.15. The molecule has 0 aliphatic heterocycles. The zero-order chi connectivity index (χ0) is 14.4. The quantitative estimate of drug-likeness (QED) is 0.839. The second-order valence-electron chi connectivity index (χ2n) is 4.85. The molecule has 20 heavy (non-hydrogen) atoms. The van der Waals surface area contributed by atoms with Gasteiger partial charge in [0.25, 0.3) is 0 Å². The van der Waals surface area contributed by atoms with E-state index in [0.29, 0.717) is 11.9 Å². The predicted molar refractivity (Wildman–Crippen MR) is 76.9 cm³/mol. The Kier molecular flexibility index (Phi) is 5.12. The van der Waals surface area contributed by atoms with Crippen molar-refractivity contribution in [2.24, 2.45) is 0 Å². The van der Waals surface area contributed by atoms with Crippen LogP contribution in [0.3, 0.4) is 0 Å². The van der Waals surface area contributed by atoms with Gasteiger partial charge < -0.3 is 14.6 Å². The lowest BCUT2D eigenvalue weighted by Gasteiger charge is -2.15. The number of benzene rings is 1. The average molecular weight is 275 g/mol. The molecule has 1 atom stereocenters. The van der Waals surface area contributed by atoms with Crippen molar-refractivity contribution in [2.75, 3.05) is 13.7 Å². The Labute approximate surface area is 119 Å². The maximum absolute atomic E-state index is 5.36. The van der Waals surface area contributed by atoms with Crippen LogP contribution >= 0.6 is 0 Å². The molecule has 0 amide bonds. The summed E-state index contributed by atoms with van der Waals surface area (Å²) in [6, 6.07) is 8.47. The van der Waals surface area contributed by atoms with E-state index in [4.69, 9.17) is 9.26 Å². The molecule has 108 valence electrons. The van der Waals surface area contributed by atoms with Crippen LogP contribution < -0.4 is 10.1 Å². The lowest BCUT2D eigenvalue weighted by atomic mass is 10.1. The van der Waals surface area contributed by atoms with Gasteiger partial charge in [-0.1, -0.05) is 23.4 Å². The summed E-state index contributed by atoms with van der Waals surface area (Å²) in [4.78, 5) is 4.18. The van der Waals surface area contributed by atoms with Crippen molar-refractivity contribution in [3.05, 3.63) is 41.5 Å². The number of rotatable bonds is 7. The molecule has 0 aliphatic carbocycles. The number of para-hydroxylation sites is 1.